The van der Waals surface area contributed by atoms with Crippen LogP contribution in [0.2, 0.25) is 0 Å². The van der Waals surface area contributed by atoms with Gasteiger partial charge in [-0.1, -0.05) is 43.7 Å². The number of carbonyl (C=O) groups excluding carboxylic acids is 2. The summed E-state index contributed by atoms with van der Waals surface area (Å²) in [5.41, 5.74) is 0.868. The van der Waals surface area contributed by atoms with Crippen molar-refractivity contribution in [2.75, 3.05) is 12.4 Å². The van der Waals surface area contributed by atoms with E-state index in [0.717, 1.165) is 30.6 Å². The van der Waals surface area contributed by atoms with Gasteiger partial charge in [-0.2, -0.15) is 0 Å². The molecule has 2 aromatic rings. The van der Waals surface area contributed by atoms with Gasteiger partial charge in [-0.25, -0.2) is 0 Å². The van der Waals surface area contributed by atoms with Gasteiger partial charge in [0, 0.05) is 11.5 Å². The van der Waals surface area contributed by atoms with Gasteiger partial charge >= 0.3 is 0 Å². The maximum absolute atomic E-state index is 12.7. The maximum Gasteiger partial charge on any atom is 0.249 e. The Bertz CT molecular complexity index is 819. The molecule has 1 aliphatic rings. The van der Waals surface area contributed by atoms with Crippen LogP contribution in [0.5, 0.6) is 5.75 Å². The summed E-state index contributed by atoms with van der Waals surface area (Å²) >= 11 is 1.29. The monoisotopic (exact) mass is 388 g/mol. The molecule has 0 radical (unpaired) electrons. The molecule has 2 atom stereocenters. The largest absolute Gasteiger partial charge is 0.497 e. The van der Waals surface area contributed by atoms with E-state index in [-0.39, 0.29) is 23.7 Å². The van der Waals surface area contributed by atoms with Crippen LogP contribution in [0.4, 0.5) is 5.13 Å². The van der Waals surface area contributed by atoms with Gasteiger partial charge in [-0.3, -0.25) is 14.9 Å². The van der Waals surface area contributed by atoms with E-state index in [1.54, 1.807) is 7.11 Å². The number of nitrogens with zero attached hydrogens (tertiary/aromatic N) is 2. The predicted octanol–water partition coefficient (Wildman–Crippen LogP) is 3.09. The van der Waals surface area contributed by atoms with E-state index in [2.05, 4.69) is 20.8 Å². The quantitative estimate of drug-likeness (QED) is 0.725. The molecule has 1 aromatic carbocycles. The molecule has 8 heteroatoms. The molecule has 3 rings (SSSR count). The molecule has 144 valence electrons. The fourth-order valence-corrected chi connectivity index (χ4v) is 3.39. The fourth-order valence-electron chi connectivity index (χ4n) is 2.65. The Labute approximate surface area is 162 Å². The number of hydrogen-bond acceptors (Lipinski definition) is 6. The van der Waals surface area contributed by atoms with E-state index in [4.69, 9.17) is 4.74 Å². The van der Waals surface area contributed by atoms with Gasteiger partial charge in [-0.15, -0.1) is 10.2 Å². The van der Waals surface area contributed by atoms with Crippen molar-refractivity contribution in [3.63, 3.8) is 0 Å². The van der Waals surface area contributed by atoms with Gasteiger partial charge in [0.2, 0.25) is 16.9 Å². The lowest BCUT2D eigenvalue weighted by Gasteiger charge is -2.22. The third-order valence-corrected chi connectivity index (χ3v) is 5.60. The second-order valence-corrected chi connectivity index (χ2v) is 7.76. The van der Waals surface area contributed by atoms with Crippen molar-refractivity contribution < 1.29 is 14.3 Å². The first-order valence-electron chi connectivity index (χ1n) is 9.11. The highest BCUT2D eigenvalue weighted by molar-refractivity contribution is 7.18. The van der Waals surface area contributed by atoms with Crippen LogP contribution in [0.1, 0.15) is 33.1 Å². The summed E-state index contributed by atoms with van der Waals surface area (Å²) in [7, 11) is 1.61. The number of anilines is 1. The molecule has 0 unspecified atom stereocenters. The smallest absolute Gasteiger partial charge is 0.249 e. The topological polar surface area (TPSA) is 93.2 Å². The van der Waals surface area contributed by atoms with Gasteiger partial charge in [-0.05, 0) is 30.9 Å². The van der Waals surface area contributed by atoms with Gasteiger partial charge in [0.15, 0.2) is 0 Å². The molecule has 0 aliphatic heterocycles. The van der Waals surface area contributed by atoms with Gasteiger partial charge in [0.1, 0.15) is 16.8 Å². The van der Waals surface area contributed by atoms with Crippen LogP contribution in [0, 0.1) is 11.8 Å². The van der Waals surface area contributed by atoms with E-state index >= 15 is 0 Å². The number of benzene rings is 1. The van der Waals surface area contributed by atoms with Gasteiger partial charge < -0.3 is 10.1 Å². The van der Waals surface area contributed by atoms with Crippen molar-refractivity contribution in [3.8, 4) is 16.3 Å². The summed E-state index contributed by atoms with van der Waals surface area (Å²) in [5.74, 6) is 0.522. The number of hydrogen-bond donors (Lipinski definition) is 2. The highest BCUT2D eigenvalue weighted by atomic mass is 32.1. The molecule has 1 saturated carbocycles. The number of ether oxygens (including phenoxy) is 1. The minimum atomic E-state index is -0.577. The average molecular weight is 388 g/mol. The molecule has 7 nitrogen and oxygen atoms in total. The van der Waals surface area contributed by atoms with E-state index in [1.165, 1.54) is 11.3 Å². The molecule has 0 spiro atoms. The fraction of sp³-hybridized carbons (Fsp3) is 0.474. The molecule has 1 aliphatic carbocycles. The first-order chi connectivity index (χ1) is 13.0. The van der Waals surface area contributed by atoms with Crippen molar-refractivity contribution in [2.45, 2.75) is 39.2 Å². The Kier molecular flexibility index (Phi) is 6.05. The summed E-state index contributed by atoms with van der Waals surface area (Å²) in [6.07, 6.45) is 2.59. The molecular formula is C19H24N4O3S. The third kappa shape index (κ3) is 4.82. The summed E-state index contributed by atoms with van der Waals surface area (Å²) in [4.78, 5) is 24.8. The second-order valence-electron chi connectivity index (χ2n) is 6.78. The maximum atomic E-state index is 12.7. The number of carbonyl (C=O) groups is 2. The molecule has 2 N–H and O–H groups in total. The number of methoxy groups -OCH3 is 1. The van der Waals surface area contributed by atoms with E-state index in [0.29, 0.717) is 10.1 Å². The highest BCUT2D eigenvalue weighted by Crippen LogP contribution is 2.30. The Morgan fingerprint density at radius 3 is 2.78 bits per heavy atom. The van der Waals surface area contributed by atoms with Crippen molar-refractivity contribution in [1.29, 1.82) is 0 Å². The first kappa shape index (κ1) is 19.3. The van der Waals surface area contributed by atoms with Gasteiger partial charge in [0.25, 0.3) is 0 Å². The number of amides is 2. The number of nitrogens with one attached hydrogen (secondary N) is 2. The summed E-state index contributed by atoms with van der Waals surface area (Å²) in [6.45, 7) is 3.96. The van der Waals surface area contributed by atoms with Crippen molar-refractivity contribution in [2.24, 2.45) is 11.8 Å². The van der Waals surface area contributed by atoms with Crippen LogP contribution >= 0.6 is 11.3 Å². The van der Waals surface area contributed by atoms with Crippen LogP contribution in [0.3, 0.4) is 0 Å². The second kappa shape index (κ2) is 8.47. The third-order valence-electron chi connectivity index (χ3n) is 4.71. The minimum Gasteiger partial charge on any atom is -0.497 e. The average Bonchev–Trinajstić information content (AvgIpc) is 3.44. The zero-order valence-electron chi connectivity index (χ0n) is 15.7. The first-order valence-corrected chi connectivity index (χ1v) is 9.92. The Hall–Kier alpha value is -2.48. The lowest BCUT2D eigenvalue weighted by molar-refractivity contribution is -0.128. The Balaban J connectivity index is 1.69. The lowest BCUT2D eigenvalue weighted by Crippen LogP contribution is -2.48. The summed E-state index contributed by atoms with van der Waals surface area (Å²) in [6, 6.07) is 6.93. The summed E-state index contributed by atoms with van der Waals surface area (Å²) in [5, 5.41) is 15.0. The zero-order chi connectivity index (χ0) is 19.4. The van der Waals surface area contributed by atoms with Crippen molar-refractivity contribution in [3.05, 3.63) is 24.3 Å². The van der Waals surface area contributed by atoms with Crippen LogP contribution in [0.15, 0.2) is 24.3 Å². The zero-order valence-corrected chi connectivity index (χ0v) is 16.5. The van der Waals surface area contributed by atoms with Crippen LogP contribution in [-0.4, -0.2) is 35.2 Å². The van der Waals surface area contributed by atoms with Crippen LogP contribution < -0.4 is 15.4 Å². The molecular weight excluding hydrogens is 364 g/mol. The molecule has 27 heavy (non-hydrogen) atoms. The van der Waals surface area contributed by atoms with Crippen LogP contribution in [-0.2, 0) is 9.59 Å². The van der Waals surface area contributed by atoms with E-state index in [9.17, 15) is 9.59 Å². The number of rotatable bonds is 8. The van der Waals surface area contributed by atoms with E-state index in [1.807, 2.05) is 38.1 Å². The molecule has 0 bridgehead atoms. The van der Waals surface area contributed by atoms with Crippen LogP contribution in [0.25, 0.3) is 10.6 Å². The van der Waals surface area contributed by atoms with Crippen molar-refractivity contribution in [1.82, 2.24) is 15.5 Å². The lowest BCUT2D eigenvalue weighted by atomic mass is 9.98. The standard InChI is InChI=1S/C19H24N4O3S/c1-4-11(2)15(20-16(24)12-8-9-12)17(25)21-19-23-22-18(27-19)13-6-5-7-14(10-13)26-3/h5-7,10-12,15H,4,8-9H2,1-3H3,(H,20,24)(H,21,23,25)/t11-,15-/m1/s1. The van der Waals surface area contributed by atoms with Crippen molar-refractivity contribution >= 4 is 28.3 Å². The molecule has 2 amide bonds. The Morgan fingerprint density at radius 1 is 1.33 bits per heavy atom. The minimum absolute atomic E-state index is 0.0264. The number of aromatic nitrogens is 2. The Morgan fingerprint density at radius 2 is 2.11 bits per heavy atom. The molecule has 1 heterocycles. The predicted molar refractivity (Wildman–Crippen MR) is 105 cm³/mol. The summed E-state index contributed by atoms with van der Waals surface area (Å²) < 4.78 is 5.23. The normalized spacial score (nSPS) is 15.7. The molecule has 0 saturated heterocycles. The molecule has 1 aromatic heterocycles. The SMILES string of the molecule is CC[C@@H](C)[C@@H](NC(=O)C1CC1)C(=O)Nc1nnc(-c2cccc(OC)c2)s1. The van der Waals surface area contributed by atoms with E-state index < -0.39 is 6.04 Å². The van der Waals surface area contributed by atoms with Gasteiger partial charge in [0.05, 0.1) is 7.11 Å². The highest BCUT2D eigenvalue weighted by Gasteiger charge is 2.34. The molecule has 1 fully saturated rings.